The van der Waals surface area contributed by atoms with Gasteiger partial charge in [0, 0.05) is 19.4 Å². The molecule has 1 atom stereocenters. The molecule has 2 aromatic carbocycles. The average molecular weight is 554 g/mol. The number of benzene rings is 2. The van der Waals surface area contributed by atoms with Crippen LogP contribution in [0.3, 0.4) is 0 Å². The summed E-state index contributed by atoms with van der Waals surface area (Å²) in [5.74, 6) is -0.656. The van der Waals surface area contributed by atoms with E-state index in [0.717, 1.165) is 36.0 Å². The largest absolute Gasteiger partial charge is 0.389 e. The number of hydrogen-bond donors (Lipinski definition) is 1. The van der Waals surface area contributed by atoms with E-state index in [0.29, 0.717) is 32.3 Å². The molecule has 4 rings (SSSR count). The maximum absolute atomic E-state index is 13.8. The summed E-state index contributed by atoms with van der Waals surface area (Å²) < 4.78 is 68.7. The number of hydroxylamine groups is 1. The third-order valence-electron chi connectivity index (χ3n) is 7.39. The number of sulfone groups is 1. The molecule has 0 bridgehead atoms. The zero-order valence-corrected chi connectivity index (χ0v) is 22.1. The number of halogens is 3. The van der Waals surface area contributed by atoms with Gasteiger partial charge in [-0.2, -0.15) is 13.2 Å². The summed E-state index contributed by atoms with van der Waals surface area (Å²) in [6, 6.07) is 13.6. The molecule has 38 heavy (non-hydrogen) atoms. The van der Waals surface area contributed by atoms with Gasteiger partial charge in [-0.1, -0.05) is 55.7 Å². The van der Waals surface area contributed by atoms with Crippen LogP contribution in [0, 0.1) is 0 Å². The van der Waals surface area contributed by atoms with Gasteiger partial charge in [-0.05, 0) is 67.3 Å². The van der Waals surface area contributed by atoms with Crippen molar-refractivity contribution in [1.29, 1.82) is 0 Å². The lowest BCUT2D eigenvalue weighted by Crippen LogP contribution is -2.54. The van der Waals surface area contributed by atoms with Crippen LogP contribution in [0.4, 0.5) is 13.2 Å². The standard InChI is InChI=1S/C28H34F3NO5S/c29-28(30,31)19-6-7-21-9-11-22(12-10-21)23-13-15-24(16-14-23)38(34,35)27(17-3-1-4-18-27)26(33)32-37-25-8-2-5-20-36-25/h9-16,25H,1-8,17-20H2,(H,32,33). The SMILES string of the molecule is O=C(NOC1CCCCO1)C1(S(=O)(=O)c2ccc(-c3ccc(CCCC(F)(F)F)cc3)cc2)CCCCC1. The Balaban J connectivity index is 1.47. The lowest BCUT2D eigenvalue weighted by atomic mass is 9.88. The van der Waals surface area contributed by atoms with E-state index >= 15 is 0 Å². The van der Waals surface area contributed by atoms with Gasteiger partial charge in [0.15, 0.2) is 20.9 Å². The minimum absolute atomic E-state index is 0.0312. The number of rotatable bonds is 9. The van der Waals surface area contributed by atoms with Crippen LogP contribution in [0.15, 0.2) is 53.4 Å². The highest BCUT2D eigenvalue weighted by Gasteiger charge is 2.52. The monoisotopic (exact) mass is 553 g/mol. The fraction of sp³-hybridized carbons (Fsp3) is 0.536. The zero-order valence-electron chi connectivity index (χ0n) is 21.3. The van der Waals surface area contributed by atoms with Crippen molar-refractivity contribution < 1.29 is 36.0 Å². The summed E-state index contributed by atoms with van der Waals surface area (Å²) >= 11 is 0. The van der Waals surface area contributed by atoms with E-state index in [4.69, 9.17) is 9.57 Å². The van der Waals surface area contributed by atoms with E-state index in [9.17, 15) is 26.4 Å². The van der Waals surface area contributed by atoms with E-state index in [1.807, 2.05) is 12.1 Å². The minimum atomic E-state index is -4.16. The van der Waals surface area contributed by atoms with E-state index in [2.05, 4.69) is 5.48 Å². The van der Waals surface area contributed by atoms with Crippen molar-refractivity contribution in [2.45, 2.75) is 92.7 Å². The molecular formula is C28H34F3NO5S. The molecule has 1 amide bonds. The highest BCUT2D eigenvalue weighted by molar-refractivity contribution is 7.93. The predicted octanol–water partition coefficient (Wildman–Crippen LogP) is 6.29. The molecule has 1 N–H and O–H groups in total. The van der Waals surface area contributed by atoms with Crippen molar-refractivity contribution in [3.05, 3.63) is 54.1 Å². The van der Waals surface area contributed by atoms with Gasteiger partial charge in [0.2, 0.25) is 0 Å². The molecule has 0 aromatic heterocycles. The van der Waals surface area contributed by atoms with Crippen molar-refractivity contribution in [1.82, 2.24) is 5.48 Å². The Kier molecular flexibility index (Phi) is 9.15. The van der Waals surface area contributed by atoms with Gasteiger partial charge in [0.05, 0.1) is 4.90 Å². The smallest absolute Gasteiger partial charge is 0.350 e. The van der Waals surface area contributed by atoms with Gasteiger partial charge in [-0.25, -0.2) is 18.7 Å². The van der Waals surface area contributed by atoms with Gasteiger partial charge >= 0.3 is 6.18 Å². The Hall–Kier alpha value is -2.43. The topological polar surface area (TPSA) is 81.7 Å². The first-order valence-corrected chi connectivity index (χ1v) is 14.7. The Morgan fingerprint density at radius 1 is 0.947 bits per heavy atom. The van der Waals surface area contributed by atoms with Crippen molar-refractivity contribution >= 4 is 15.7 Å². The molecule has 1 aliphatic heterocycles. The van der Waals surface area contributed by atoms with Gasteiger partial charge in [-0.15, -0.1) is 0 Å². The second kappa shape index (κ2) is 12.2. The minimum Gasteiger partial charge on any atom is -0.350 e. The second-order valence-electron chi connectivity index (χ2n) is 10.1. The van der Waals surface area contributed by atoms with Crippen LogP contribution in [0.2, 0.25) is 0 Å². The third kappa shape index (κ3) is 6.76. The number of carbonyl (C=O) groups excluding carboxylic acids is 1. The van der Waals surface area contributed by atoms with Gasteiger partial charge in [0.1, 0.15) is 0 Å². The first kappa shape index (κ1) is 28.6. The second-order valence-corrected chi connectivity index (χ2v) is 12.4. The highest BCUT2D eigenvalue weighted by Crippen LogP contribution is 2.40. The molecule has 10 heteroatoms. The first-order valence-electron chi connectivity index (χ1n) is 13.2. The summed E-state index contributed by atoms with van der Waals surface area (Å²) in [6.07, 6.45) is -0.168. The van der Waals surface area contributed by atoms with Crippen molar-refractivity contribution in [2.75, 3.05) is 6.61 Å². The van der Waals surface area contributed by atoms with Crippen LogP contribution in [-0.4, -0.2) is 38.1 Å². The summed E-state index contributed by atoms with van der Waals surface area (Å²) in [6.45, 7) is 0.539. The normalized spacial score (nSPS) is 20.1. The molecule has 0 spiro atoms. The molecule has 1 unspecified atom stereocenters. The maximum Gasteiger partial charge on any atom is 0.389 e. The third-order valence-corrected chi connectivity index (χ3v) is 9.90. The Morgan fingerprint density at radius 2 is 1.58 bits per heavy atom. The number of alkyl halides is 3. The quantitative estimate of drug-likeness (QED) is 0.369. The van der Waals surface area contributed by atoms with Crippen molar-refractivity contribution in [2.24, 2.45) is 0 Å². The Bertz CT molecular complexity index is 1170. The summed E-state index contributed by atoms with van der Waals surface area (Å²) in [4.78, 5) is 18.8. The Morgan fingerprint density at radius 3 is 2.16 bits per heavy atom. The molecule has 0 radical (unpaired) electrons. The lowest BCUT2D eigenvalue weighted by Gasteiger charge is -2.35. The highest BCUT2D eigenvalue weighted by atomic mass is 32.2. The number of nitrogens with one attached hydrogen (secondary N) is 1. The van der Waals surface area contributed by atoms with Crippen LogP contribution >= 0.6 is 0 Å². The van der Waals surface area contributed by atoms with Crippen molar-refractivity contribution in [3.8, 4) is 11.1 Å². The summed E-state index contributed by atoms with van der Waals surface area (Å²) in [7, 11) is -4.03. The van der Waals surface area contributed by atoms with E-state index in [1.54, 1.807) is 24.3 Å². The number of hydrogen-bond acceptors (Lipinski definition) is 5. The van der Waals surface area contributed by atoms with Crippen molar-refractivity contribution in [3.63, 3.8) is 0 Å². The summed E-state index contributed by atoms with van der Waals surface area (Å²) in [5, 5.41) is 0. The molecule has 2 fully saturated rings. The van der Waals surface area contributed by atoms with Gasteiger partial charge in [-0.3, -0.25) is 4.79 Å². The van der Waals surface area contributed by atoms with Crippen LogP contribution in [0.1, 0.15) is 69.8 Å². The Labute approximate surface area is 221 Å². The van der Waals surface area contributed by atoms with Crippen LogP contribution in [-0.2, 0) is 30.6 Å². The predicted molar refractivity (Wildman–Crippen MR) is 137 cm³/mol. The van der Waals surface area contributed by atoms with E-state index in [1.165, 1.54) is 12.1 Å². The average Bonchev–Trinajstić information content (AvgIpc) is 2.92. The molecule has 1 saturated carbocycles. The molecule has 1 aliphatic carbocycles. The van der Waals surface area contributed by atoms with Gasteiger partial charge < -0.3 is 4.74 Å². The molecule has 1 heterocycles. The van der Waals surface area contributed by atoms with Crippen LogP contribution in [0.5, 0.6) is 0 Å². The van der Waals surface area contributed by atoms with E-state index in [-0.39, 0.29) is 24.2 Å². The number of carbonyl (C=O) groups is 1. The fourth-order valence-corrected chi connectivity index (χ4v) is 7.22. The molecule has 1 saturated heterocycles. The summed E-state index contributed by atoms with van der Waals surface area (Å²) in [5.41, 5.74) is 4.80. The molecule has 2 aliphatic rings. The lowest BCUT2D eigenvalue weighted by molar-refractivity contribution is -0.201. The van der Waals surface area contributed by atoms with Gasteiger partial charge in [0.25, 0.3) is 5.91 Å². The first-order chi connectivity index (χ1) is 18.1. The molecule has 6 nitrogen and oxygen atoms in total. The maximum atomic E-state index is 13.8. The zero-order chi connectivity index (χ0) is 27.2. The van der Waals surface area contributed by atoms with E-state index < -0.39 is 39.4 Å². The molecule has 2 aromatic rings. The molecule has 208 valence electrons. The molecular weight excluding hydrogens is 519 g/mol. The van der Waals surface area contributed by atoms with Crippen LogP contribution in [0.25, 0.3) is 11.1 Å². The fourth-order valence-electron chi connectivity index (χ4n) is 5.17. The van der Waals surface area contributed by atoms with Crippen LogP contribution < -0.4 is 5.48 Å². The number of ether oxygens (including phenoxy) is 1. The number of amides is 1. The number of aryl methyl sites for hydroxylation is 1.